The normalized spacial score (nSPS) is 16.9. The Morgan fingerprint density at radius 3 is 2.74 bits per heavy atom. The molecule has 1 saturated heterocycles. The van der Waals surface area contributed by atoms with Crippen molar-refractivity contribution in [2.24, 2.45) is 5.92 Å². The van der Waals surface area contributed by atoms with Gasteiger partial charge in [-0.3, -0.25) is 9.78 Å². The smallest absolute Gasteiger partial charge is 0.225 e. The molecule has 0 aliphatic carbocycles. The number of piperidine rings is 1. The molecule has 5 nitrogen and oxygen atoms in total. The Bertz CT molecular complexity index is 765. The van der Waals surface area contributed by atoms with Crippen molar-refractivity contribution in [2.75, 3.05) is 25.0 Å². The van der Waals surface area contributed by atoms with Crippen LogP contribution in [0.1, 0.15) is 31.1 Å². The molecule has 1 aromatic carbocycles. The minimum atomic E-state index is -0.658. The molecule has 0 bridgehead atoms. The molecule has 7 heteroatoms. The number of carbonyl (C=O) groups excluding carboxylic acids is 1. The Hall–Kier alpha value is -2.38. The van der Waals surface area contributed by atoms with Gasteiger partial charge in [-0.2, -0.15) is 0 Å². The van der Waals surface area contributed by atoms with Crippen LogP contribution >= 0.6 is 0 Å². The lowest BCUT2D eigenvalue weighted by Crippen LogP contribution is -2.37. The van der Waals surface area contributed by atoms with Gasteiger partial charge in [0.1, 0.15) is 11.6 Å². The van der Waals surface area contributed by atoms with Gasteiger partial charge in [-0.25, -0.2) is 8.78 Å². The predicted molar refractivity (Wildman–Crippen MR) is 98.0 cm³/mol. The van der Waals surface area contributed by atoms with E-state index in [4.69, 9.17) is 0 Å². The molecule has 0 radical (unpaired) electrons. The van der Waals surface area contributed by atoms with Crippen LogP contribution in [-0.2, 0) is 4.79 Å². The van der Waals surface area contributed by atoms with E-state index in [0.29, 0.717) is 12.2 Å². The molecule has 0 spiro atoms. The summed E-state index contributed by atoms with van der Waals surface area (Å²) in [6.07, 6.45) is 2.93. The van der Waals surface area contributed by atoms with E-state index >= 15 is 0 Å². The average molecular weight is 375 g/mol. The second kappa shape index (κ2) is 9.01. The van der Waals surface area contributed by atoms with Gasteiger partial charge in [-0.1, -0.05) is 6.07 Å². The van der Waals surface area contributed by atoms with Crippen molar-refractivity contribution >= 4 is 11.6 Å². The van der Waals surface area contributed by atoms with Gasteiger partial charge in [0, 0.05) is 25.2 Å². The zero-order valence-electron chi connectivity index (χ0n) is 14.9. The second-order valence-electron chi connectivity index (χ2n) is 6.80. The van der Waals surface area contributed by atoms with E-state index in [2.05, 4.69) is 15.2 Å². The molecule has 27 heavy (non-hydrogen) atoms. The average Bonchev–Trinajstić information content (AvgIpc) is 2.70. The number of nitrogens with one attached hydrogen (secondary N) is 1. The minimum Gasteiger partial charge on any atom is -0.387 e. The number of hydrogen-bond acceptors (Lipinski definition) is 4. The van der Waals surface area contributed by atoms with Crippen LogP contribution in [0.3, 0.4) is 0 Å². The summed E-state index contributed by atoms with van der Waals surface area (Å²) in [6, 6.07) is 8.47. The lowest BCUT2D eigenvalue weighted by atomic mass is 9.89. The second-order valence-corrected chi connectivity index (χ2v) is 6.80. The molecular formula is C20H23F2N3O2. The Morgan fingerprint density at radius 1 is 1.26 bits per heavy atom. The van der Waals surface area contributed by atoms with E-state index in [1.165, 1.54) is 0 Å². The number of pyridine rings is 1. The van der Waals surface area contributed by atoms with Crippen LogP contribution in [0.2, 0.25) is 0 Å². The number of benzene rings is 1. The van der Waals surface area contributed by atoms with E-state index in [-0.39, 0.29) is 23.9 Å². The minimum absolute atomic E-state index is 0.141. The maximum Gasteiger partial charge on any atom is 0.225 e. The molecule has 1 amide bonds. The molecule has 1 atom stereocenters. The van der Waals surface area contributed by atoms with E-state index in [0.717, 1.165) is 44.1 Å². The zero-order chi connectivity index (χ0) is 19.2. The molecule has 1 aromatic heterocycles. The molecule has 0 unspecified atom stereocenters. The molecule has 0 saturated carbocycles. The fourth-order valence-corrected chi connectivity index (χ4v) is 3.35. The van der Waals surface area contributed by atoms with Crippen molar-refractivity contribution in [3.8, 4) is 0 Å². The predicted octanol–water partition coefficient (Wildman–Crippen LogP) is 3.13. The first-order valence-corrected chi connectivity index (χ1v) is 9.09. The molecule has 1 aliphatic heterocycles. The van der Waals surface area contributed by atoms with Crippen molar-refractivity contribution in [2.45, 2.75) is 25.4 Å². The number of aromatic nitrogens is 1. The fourth-order valence-electron chi connectivity index (χ4n) is 3.35. The number of carbonyl (C=O) groups is 1. The highest BCUT2D eigenvalue weighted by Gasteiger charge is 2.27. The first kappa shape index (κ1) is 19.4. The molecule has 1 aliphatic rings. The topological polar surface area (TPSA) is 65.5 Å². The molecular weight excluding hydrogens is 352 g/mol. The molecule has 2 aromatic rings. The van der Waals surface area contributed by atoms with Gasteiger partial charge in [0.05, 0.1) is 17.5 Å². The summed E-state index contributed by atoms with van der Waals surface area (Å²) in [4.78, 5) is 18.4. The number of rotatable bonds is 6. The van der Waals surface area contributed by atoms with E-state index in [1.807, 2.05) is 18.2 Å². The van der Waals surface area contributed by atoms with E-state index < -0.39 is 17.7 Å². The molecule has 1 fully saturated rings. The molecule has 3 rings (SSSR count). The SMILES string of the molecule is O=C(CCN1CCC([C@H](O)c2ccccn2)CC1)Nc1cc(F)ccc1F. The first-order chi connectivity index (χ1) is 13.0. The van der Waals surface area contributed by atoms with E-state index in [1.54, 1.807) is 6.20 Å². The lowest BCUT2D eigenvalue weighted by molar-refractivity contribution is -0.116. The van der Waals surface area contributed by atoms with Crippen molar-refractivity contribution in [1.82, 2.24) is 9.88 Å². The number of aliphatic hydroxyl groups is 1. The van der Waals surface area contributed by atoms with Crippen LogP contribution in [0.4, 0.5) is 14.5 Å². The number of aliphatic hydroxyl groups excluding tert-OH is 1. The highest BCUT2D eigenvalue weighted by atomic mass is 19.1. The lowest BCUT2D eigenvalue weighted by Gasteiger charge is -2.33. The number of anilines is 1. The van der Waals surface area contributed by atoms with Crippen LogP contribution in [0.25, 0.3) is 0 Å². The van der Waals surface area contributed by atoms with E-state index in [9.17, 15) is 18.7 Å². The summed E-state index contributed by atoms with van der Waals surface area (Å²) >= 11 is 0. The maximum atomic E-state index is 13.6. The number of nitrogens with zero attached hydrogens (tertiary/aromatic N) is 2. The van der Waals surface area contributed by atoms with Crippen LogP contribution in [0.15, 0.2) is 42.6 Å². The maximum absolute atomic E-state index is 13.6. The van der Waals surface area contributed by atoms with Gasteiger partial charge < -0.3 is 15.3 Å². The van der Waals surface area contributed by atoms with Crippen LogP contribution in [0.5, 0.6) is 0 Å². The van der Waals surface area contributed by atoms with Gasteiger partial charge in [0.15, 0.2) is 0 Å². The monoisotopic (exact) mass is 375 g/mol. The van der Waals surface area contributed by atoms with Gasteiger partial charge in [-0.05, 0) is 56.1 Å². The Balaban J connectivity index is 1.43. The third-order valence-electron chi connectivity index (χ3n) is 4.93. The van der Waals surface area contributed by atoms with Crippen molar-refractivity contribution in [3.63, 3.8) is 0 Å². The summed E-state index contributed by atoms with van der Waals surface area (Å²) in [6.45, 7) is 2.08. The Kier molecular flexibility index (Phi) is 6.47. The number of likely N-dealkylation sites (tertiary alicyclic amines) is 1. The van der Waals surface area contributed by atoms with Crippen molar-refractivity contribution in [1.29, 1.82) is 0 Å². The summed E-state index contributed by atoms with van der Waals surface area (Å²) < 4.78 is 26.7. The standard InChI is InChI=1S/C20H23F2N3O2/c21-15-4-5-16(22)18(13-15)24-19(26)8-12-25-10-6-14(7-11-25)20(27)17-3-1-2-9-23-17/h1-5,9,13-14,20,27H,6-8,10-12H2,(H,24,26)/t20-/m0/s1. The van der Waals surface area contributed by atoms with Crippen molar-refractivity contribution in [3.05, 3.63) is 59.9 Å². The third kappa shape index (κ3) is 5.30. The number of halogens is 2. The summed E-state index contributed by atoms with van der Waals surface area (Å²) in [5, 5.41) is 12.9. The highest BCUT2D eigenvalue weighted by molar-refractivity contribution is 5.90. The largest absolute Gasteiger partial charge is 0.387 e. The Labute approximate surface area is 157 Å². The number of hydrogen-bond donors (Lipinski definition) is 2. The molecule has 2 N–H and O–H groups in total. The van der Waals surface area contributed by atoms with Crippen LogP contribution in [0, 0.1) is 17.6 Å². The first-order valence-electron chi connectivity index (χ1n) is 9.09. The van der Waals surface area contributed by atoms with Gasteiger partial charge >= 0.3 is 0 Å². The summed E-state index contributed by atoms with van der Waals surface area (Å²) in [7, 11) is 0. The quantitative estimate of drug-likeness (QED) is 0.814. The Morgan fingerprint density at radius 2 is 2.04 bits per heavy atom. The highest BCUT2D eigenvalue weighted by Crippen LogP contribution is 2.29. The third-order valence-corrected chi connectivity index (χ3v) is 4.93. The van der Waals surface area contributed by atoms with Crippen molar-refractivity contribution < 1.29 is 18.7 Å². The molecule has 144 valence electrons. The van der Waals surface area contributed by atoms with Gasteiger partial charge in [0.2, 0.25) is 5.91 Å². The fraction of sp³-hybridized carbons (Fsp3) is 0.400. The van der Waals surface area contributed by atoms with Crippen LogP contribution < -0.4 is 5.32 Å². The summed E-state index contributed by atoms with van der Waals surface area (Å²) in [5.41, 5.74) is 0.546. The van der Waals surface area contributed by atoms with Gasteiger partial charge in [-0.15, -0.1) is 0 Å². The summed E-state index contributed by atoms with van der Waals surface area (Å²) in [5.74, 6) is -1.46. The van der Waals surface area contributed by atoms with Gasteiger partial charge in [0.25, 0.3) is 0 Å². The zero-order valence-corrected chi connectivity index (χ0v) is 14.9. The van der Waals surface area contributed by atoms with Crippen LogP contribution in [-0.4, -0.2) is 40.5 Å². The number of amides is 1. The molecule has 2 heterocycles.